The van der Waals surface area contributed by atoms with Gasteiger partial charge in [-0.3, -0.25) is 4.79 Å². The number of hydrogen-bond donors (Lipinski definition) is 0. The summed E-state index contributed by atoms with van der Waals surface area (Å²) in [5.74, 6) is 1.42. The fraction of sp³-hybridized carbons (Fsp3) is 0.462. The van der Waals surface area contributed by atoms with Gasteiger partial charge in [0.25, 0.3) is 0 Å². The predicted octanol–water partition coefficient (Wildman–Crippen LogP) is 3.46. The van der Waals surface area contributed by atoms with Crippen molar-refractivity contribution in [3.8, 4) is 0 Å². The van der Waals surface area contributed by atoms with E-state index in [4.69, 9.17) is 0 Å². The summed E-state index contributed by atoms with van der Waals surface area (Å²) in [7, 11) is 0. The summed E-state index contributed by atoms with van der Waals surface area (Å²) in [5.41, 5.74) is 2.06. The summed E-state index contributed by atoms with van der Waals surface area (Å²) in [6.45, 7) is 4.12. The third-order valence-corrected chi connectivity index (χ3v) is 4.53. The molecule has 1 aliphatic heterocycles. The second-order valence-electron chi connectivity index (χ2n) is 4.38. The van der Waals surface area contributed by atoms with E-state index in [9.17, 15) is 4.79 Å². The van der Waals surface area contributed by atoms with Crippen LogP contribution in [0.15, 0.2) is 24.3 Å². The quantitative estimate of drug-likeness (QED) is 0.710. The Morgan fingerprint density at radius 1 is 1.33 bits per heavy atom. The average molecular weight is 220 g/mol. The van der Waals surface area contributed by atoms with E-state index < -0.39 is 0 Å². The third-order valence-electron chi connectivity index (χ3n) is 3.01. The molecule has 15 heavy (non-hydrogen) atoms. The molecule has 1 aromatic rings. The van der Waals surface area contributed by atoms with Crippen LogP contribution < -0.4 is 0 Å². The summed E-state index contributed by atoms with van der Waals surface area (Å²) >= 11 is 1.80. The van der Waals surface area contributed by atoms with E-state index in [0.29, 0.717) is 5.78 Å². The molecule has 1 fully saturated rings. The van der Waals surface area contributed by atoms with Crippen LogP contribution in [0.3, 0.4) is 0 Å². The Bertz CT molecular complexity index is 361. The minimum absolute atomic E-state index is 0.171. The Hall–Kier alpha value is -0.760. The van der Waals surface area contributed by atoms with Gasteiger partial charge in [-0.15, -0.1) is 11.8 Å². The van der Waals surface area contributed by atoms with Crippen molar-refractivity contribution in [3.05, 3.63) is 35.4 Å². The maximum Gasteiger partial charge on any atom is 0.178 e. The normalized spacial score (nSPS) is 25.5. The lowest BCUT2D eigenvalue weighted by molar-refractivity contribution is 0.0949. The van der Waals surface area contributed by atoms with Crippen LogP contribution >= 0.6 is 11.8 Å². The highest BCUT2D eigenvalue weighted by molar-refractivity contribution is 8.01. The molecule has 0 amide bonds. The Labute approximate surface area is 95.3 Å². The lowest BCUT2D eigenvalue weighted by Crippen LogP contribution is -2.28. The van der Waals surface area contributed by atoms with Crippen molar-refractivity contribution in [1.29, 1.82) is 0 Å². The molecule has 1 aromatic carbocycles. The minimum atomic E-state index is -0.171. The van der Waals surface area contributed by atoms with Crippen LogP contribution in [0.5, 0.6) is 0 Å². The molecule has 1 nitrogen and oxygen atoms in total. The van der Waals surface area contributed by atoms with Gasteiger partial charge in [-0.05, 0) is 32.4 Å². The van der Waals surface area contributed by atoms with Crippen molar-refractivity contribution in [3.63, 3.8) is 0 Å². The number of aryl methyl sites for hydroxylation is 1. The third kappa shape index (κ3) is 2.10. The standard InChI is InChI=1S/C13H16OS/c1-10-4-6-11(7-5-10)12(14)13(2)8-3-9-15-13/h4-7H,3,8-9H2,1-2H3. The average Bonchev–Trinajstić information content (AvgIpc) is 2.67. The smallest absolute Gasteiger partial charge is 0.178 e. The highest BCUT2D eigenvalue weighted by atomic mass is 32.2. The second kappa shape index (κ2) is 4.01. The first kappa shape index (κ1) is 10.7. The van der Waals surface area contributed by atoms with E-state index in [-0.39, 0.29) is 4.75 Å². The molecule has 0 bridgehead atoms. The molecule has 1 atom stereocenters. The highest BCUT2D eigenvalue weighted by Crippen LogP contribution is 2.40. The summed E-state index contributed by atoms with van der Waals surface area (Å²) in [6.07, 6.45) is 2.18. The zero-order valence-corrected chi connectivity index (χ0v) is 10.1. The lowest BCUT2D eigenvalue weighted by atomic mass is 9.94. The maximum atomic E-state index is 12.3. The van der Waals surface area contributed by atoms with Crippen LogP contribution in [0.25, 0.3) is 0 Å². The Morgan fingerprint density at radius 2 is 2.00 bits per heavy atom. The molecule has 2 heteroatoms. The first-order valence-corrected chi connectivity index (χ1v) is 6.36. The fourth-order valence-electron chi connectivity index (χ4n) is 1.97. The lowest BCUT2D eigenvalue weighted by Gasteiger charge is -2.20. The van der Waals surface area contributed by atoms with Gasteiger partial charge in [-0.25, -0.2) is 0 Å². The predicted molar refractivity (Wildman–Crippen MR) is 65.6 cm³/mol. The van der Waals surface area contributed by atoms with Gasteiger partial charge in [0.1, 0.15) is 0 Å². The molecule has 1 heterocycles. The number of thioether (sulfide) groups is 1. The first-order valence-electron chi connectivity index (χ1n) is 5.37. The molecule has 2 rings (SSSR count). The fourth-order valence-corrected chi connectivity index (χ4v) is 3.25. The SMILES string of the molecule is Cc1ccc(C(=O)C2(C)CCCS2)cc1. The Kier molecular flexibility index (Phi) is 2.87. The number of ketones is 1. The highest BCUT2D eigenvalue weighted by Gasteiger charge is 2.37. The topological polar surface area (TPSA) is 17.1 Å². The summed E-state index contributed by atoms with van der Waals surface area (Å²) < 4.78 is -0.171. The number of benzene rings is 1. The molecule has 80 valence electrons. The summed E-state index contributed by atoms with van der Waals surface area (Å²) in [6, 6.07) is 7.91. The summed E-state index contributed by atoms with van der Waals surface area (Å²) in [4.78, 5) is 12.3. The van der Waals surface area contributed by atoms with Crippen molar-refractivity contribution in [2.75, 3.05) is 5.75 Å². The Morgan fingerprint density at radius 3 is 2.53 bits per heavy atom. The number of carbonyl (C=O) groups excluding carboxylic acids is 1. The first-order chi connectivity index (χ1) is 7.12. The molecular weight excluding hydrogens is 204 g/mol. The molecule has 0 saturated carbocycles. The second-order valence-corrected chi connectivity index (χ2v) is 5.98. The van der Waals surface area contributed by atoms with Gasteiger partial charge in [-0.1, -0.05) is 29.8 Å². The van der Waals surface area contributed by atoms with Crippen molar-refractivity contribution in [2.24, 2.45) is 0 Å². The molecule has 0 aromatic heterocycles. The molecule has 1 unspecified atom stereocenters. The monoisotopic (exact) mass is 220 g/mol. The molecule has 0 spiro atoms. The molecule has 0 aliphatic carbocycles. The van der Waals surface area contributed by atoms with Gasteiger partial charge in [0.15, 0.2) is 5.78 Å². The van der Waals surface area contributed by atoms with Gasteiger partial charge in [0.05, 0.1) is 4.75 Å². The van der Waals surface area contributed by atoms with Crippen LogP contribution in [0, 0.1) is 6.92 Å². The molecular formula is C13H16OS. The van der Waals surface area contributed by atoms with E-state index in [0.717, 1.165) is 17.7 Å². The number of rotatable bonds is 2. The zero-order valence-electron chi connectivity index (χ0n) is 9.25. The van der Waals surface area contributed by atoms with E-state index in [1.807, 2.05) is 31.2 Å². The number of Topliss-reactive ketones (excluding diaryl/α,β-unsaturated/α-hetero) is 1. The van der Waals surface area contributed by atoms with Crippen LogP contribution in [0.4, 0.5) is 0 Å². The van der Waals surface area contributed by atoms with Crippen LogP contribution in [0.2, 0.25) is 0 Å². The van der Waals surface area contributed by atoms with E-state index in [2.05, 4.69) is 6.92 Å². The Balaban J connectivity index is 2.24. The van der Waals surface area contributed by atoms with E-state index in [1.54, 1.807) is 11.8 Å². The van der Waals surface area contributed by atoms with Crippen molar-refractivity contribution >= 4 is 17.5 Å². The molecule has 0 radical (unpaired) electrons. The van der Waals surface area contributed by atoms with Gasteiger partial charge in [0.2, 0.25) is 0 Å². The van der Waals surface area contributed by atoms with Crippen LogP contribution in [-0.2, 0) is 0 Å². The minimum Gasteiger partial charge on any atom is -0.293 e. The van der Waals surface area contributed by atoms with Crippen LogP contribution in [-0.4, -0.2) is 16.3 Å². The van der Waals surface area contributed by atoms with Gasteiger partial charge >= 0.3 is 0 Å². The van der Waals surface area contributed by atoms with E-state index in [1.165, 1.54) is 12.0 Å². The molecule has 0 N–H and O–H groups in total. The number of hydrogen-bond acceptors (Lipinski definition) is 2. The molecule has 1 saturated heterocycles. The largest absolute Gasteiger partial charge is 0.293 e. The zero-order chi connectivity index (χ0) is 10.9. The summed E-state index contributed by atoms with van der Waals surface area (Å²) in [5, 5.41) is 0. The van der Waals surface area contributed by atoms with Gasteiger partial charge < -0.3 is 0 Å². The van der Waals surface area contributed by atoms with E-state index >= 15 is 0 Å². The molecule has 1 aliphatic rings. The van der Waals surface area contributed by atoms with Crippen molar-refractivity contribution < 1.29 is 4.79 Å². The number of carbonyl (C=O) groups is 1. The van der Waals surface area contributed by atoms with Gasteiger partial charge in [0, 0.05) is 5.56 Å². The van der Waals surface area contributed by atoms with Gasteiger partial charge in [-0.2, -0.15) is 0 Å². The maximum absolute atomic E-state index is 12.3. The van der Waals surface area contributed by atoms with Crippen molar-refractivity contribution in [1.82, 2.24) is 0 Å². The van der Waals surface area contributed by atoms with Crippen molar-refractivity contribution in [2.45, 2.75) is 31.4 Å². The van der Waals surface area contributed by atoms with Crippen LogP contribution in [0.1, 0.15) is 35.7 Å².